The Morgan fingerprint density at radius 2 is 0.763 bits per heavy atom. The molecule has 276 valence electrons. The van der Waals surface area contributed by atoms with Crippen LogP contribution in [0, 0.1) is 0 Å². The molecule has 0 amide bonds. The highest BCUT2D eigenvalue weighted by molar-refractivity contribution is 6.16. The van der Waals surface area contributed by atoms with E-state index < -0.39 is 0 Å². The van der Waals surface area contributed by atoms with Crippen molar-refractivity contribution in [2.24, 2.45) is 0 Å². The van der Waals surface area contributed by atoms with Crippen LogP contribution in [0.2, 0.25) is 0 Å². The van der Waals surface area contributed by atoms with Gasteiger partial charge in [-0.3, -0.25) is 4.57 Å². The standard InChI is InChI=1S/C56H37N3/c1-4-14-38(15-5-1)40-24-28-42(29-25-40)49-36-51-50(43-32-34-46(35-33-43)59-54-23-13-12-22-52(54)58-56(59)45-18-8-3-9-19-45)37-53(57-55(51)48-21-11-10-20-47(48)49)44-30-26-41(27-31-44)39-16-6-2-7-17-39/h1-37H. The first kappa shape index (κ1) is 34.4. The SMILES string of the molecule is c1ccc(-c2ccc(-c3cc(-c4ccc(-n5c(-c6ccccc6)nc6ccccc65)cc4)c4cc(-c5ccc(-c6ccccc6)cc5)c5ccccc5c4n3)cc2)cc1. The highest BCUT2D eigenvalue weighted by Crippen LogP contribution is 2.41. The monoisotopic (exact) mass is 751 g/mol. The van der Waals surface area contributed by atoms with Crippen LogP contribution in [0.5, 0.6) is 0 Å². The minimum Gasteiger partial charge on any atom is -0.292 e. The minimum atomic E-state index is 0.921. The van der Waals surface area contributed by atoms with E-state index >= 15 is 0 Å². The average molecular weight is 752 g/mol. The summed E-state index contributed by atoms with van der Waals surface area (Å²) in [4.78, 5) is 10.6. The van der Waals surface area contributed by atoms with Crippen molar-refractivity contribution in [1.29, 1.82) is 0 Å². The highest BCUT2D eigenvalue weighted by Gasteiger charge is 2.18. The Hall–Kier alpha value is -7.88. The van der Waals surface area contributed by atoms with E-state index in [1.54, 1.807) is 0 Å². The van der Waals surface area contributed by atoms with E-state index in [0.29, 0.717) is 0 Å². The Labute approximate surface area is 343 Å². The summed E-state index contributed by atoms with van der Waals surface area (Å²) in [6, 6.07) is 79.9. The smallest absolute Gasteiger partial charge is 0.145 e. The topological polar surface area (TPSA) is 30.7 Å². The largest absolute Gasteiger partial charge is 0.292 e. The first-order valence-electron chi connectivity index (χ1n) is 20.1. The molecule has 11 rings (SSSR count). The van der Waals surface area contributed by atoms with Crippen LogP contribution in [-0.4, -0.2) is 14.5 Å². The lowest BCUT2D eigenvalue weighted by Crippen LogP contribution is -1.98. The maximum atomic E-state index is 5.48. The van der Waals surface area contributed by atoms with E-state index in [-0.39, 0.29) is 0 Å². The molecule has 3 heteroatoms. The maximum Gasteiger partial charge on any atom is 0.145 e. The van der Waals surface area contributed by atoms with Crippen molar-refractivity contribution in [3.05, 3.63) is 224 Å². The Balaban J connectivity index is 1.10. The molecule has 0 fully saturated rings. The molecule has 0 atom stereocenters. The number of para-hydroxylation sites is 2. The van der Waals surface area contributed by atoms with Gasteiger partial charge in [0.05, 0.1) is 22.2 Å². The Kier molecular flexibility index (Phi) is 8.49. The van der Waals surface area contributed by atoms with Crippen molar-refractivity contribution in [1.82, 2.24) is 14.5 Å². The number of hydrogen-bond donors (Lipinski definition) is 0. The zero-order chi connectivity index (χ0) is 39.1. The van der Waals surface area contributed by atoms with Crippen molar-refractivity contribution in [3.63, 3.8) is 0 Å². The first-order valence-corrected chi connectivity index (χ1v) is 20.1. The van der Waals surface area contributed by atoms with Crippen molar-refractivity contribution < 1.29 is 0 Å². The Morgan fingerprint density at radius 1 is 0.305 bits per heavy atom. The molecule has 59 heavy (non-hydrogen) atoms. The molecular formula is C56H37N3. The van der Waals surface area contributed by atoms with E-state index in [0.717, 1.165) is 66.8 Å². The van der Waals surface area contributed by atoms with Gasteiger partial charge in [-0.25, -0.2) is 9.97 Å². The second kappa shape index (κ2) is 14.6. The molecule has 0 radical (unpaired) electrons. The number of fused-ring (bicyclic) bond motifs is 4. The first-order chi connectivity index (χ1) is 29.2. The third-order valence-corrected chi connectivity index (χ3v) is 11.4. The summed E-state index contributed by atoms with van der Waals surface area (Å²) in [7, 11) is 0. The van der Waals surface area contributed by atoms with Gasteiger partial charge in [-0.1, -0.05) is 188 Å². The van der Waals surface area contributed by atoms with Crippen LogP contribution >= 0.6 is 0 Å². The molecule has 0 aliphatic rings. The van der Waals surface area contributed by atoms with Gasteiger partial charge in [0.2, 0.25) is 0 Å². The van der Waals surface area contributed by atoms with E-state index in [1.807, 2.05) is 6.07 Å². The summed E-state index contributed by atoms with van der Waals surface area (Å²) in [5.74, 6) is 0.921. The average Bonchev–Trinajstić information content (AvgIpc) is 3.72. The molecule has 0 saturated heterocycles. The van der Waals surface area contributed by atoms with E-state index in [9.17, 15) is 0 Å². The number of benzene rings is 9. The molecule has 0 bridgehead atoms. The lowest BCUT2D eigenvalue weighted by atomic mass is 9.90. The van der Waals surface area contributed by atoms with Crippen LogP contribution in [-0.2, 0) is 0 Å². The van der Waals surface area contributed by atoms with Gasteiger partial charge < -0.3 is 0 Å². The summed E-state index contributed by atoms with van der Waals surface area (Å²) in [5, 5.41) is 3.42. The summed E-state index contributed by atoms with van der Waals surface area (Å²) < 4.78 is 2.27. The van der Waals surface area contributed by atoms with Gasteiger partial charge in [-0.05, 0) is 86.3 Å². The third-order valence-electron chi connectivity index (χ3n) is 11.4. The molecule has 0 saturated carbocycles. The summed E-state index contributed by atoms with van der Waals surface area (Å²) in [5.41, 5.74) is 16.6. The molecule has 0 aliphatic heterocycles. The normalized spacial score (nSPS) is 11.4. The number of rotatable bonds is 7. The molecular weight excluding hydrogens is 715 g/mol. The lowest BCUT2D eigenvalue weighted by molar-refractivity contribution is 1.10. The van der Waals surface area contributed by atoms with Crippen LogP contribution in [0.1, 0.15) is 0 Å². The van der Waals surface area contributed by atoms with Crippen LogP contribution in [0.15, 0.2) is 224 Å². The van der Waals surface area contributed by atoms with Gasteiger partial charge in [-0.15, -0.1) is 0 Å². The minimum absolute atomic E-state index is 0.921. The number of pyridine rings is 1. The van der Waals surface area contributed by atoms with Gasteiger partial charge in [0.25, 0.3) is 0 Å². The fourth-order valence-electron chi connectivity index (χ4n) is 8.47. The van der Waals surface area contributed by atoms with E-state index in [2.05, 4.69) is 223 Å². The lowest BCUT2D eigenvalue weighted by Gasteiger charge is -2.17. The van der Waals surface area contributed by atoms with Crippen molar-refractivity contribution in [3.8, 4) is 72.8 Å². The molecule has 11 aromatic rings. The summed E-state index contributed by atoms with van der Waals surface area (Å²) >= 11 is 0. The van der Waals surface area contributed by atoms with Gasteiger partial charge in [-0.2, -0.15) is 0 Å². The molecule has 0 aliphatic carbocycles. The third kappa shape index (κ3) is 6.26. The second-order valence-corrected chi connectivity index (χ2v) is 15.0. The summed E-state index contributed by atoms with van der Waals surface area (Å²) in [6.45, 7) is 0. The Morgan fingerprint density at radius 3 is 1.39 bits per heavy atom. The molecule has 0 N–H and O–H groups in total. The van der Waals surface area contributed by atoms with Crippen molar-refractivity contribution >= 4 is 32.7 Å². The zero-order valence-corrected chi connectivity index (χ0v) is 32.2. The predicted octanol–water partition coefficient (Wildman–Crippen LogP) is 14.7. The zero-order valence-electron chi connectivity index (χ0n) is 32.2. The highest BCUT2D eigenvalue weighted by atomic mass is 15.1. The maximum absolute atomic E-state index is 5.48. The molecule has 3 nitrogen and oxygen atoms in total. The van der Waals surface area contributed by atoms with Gasteiger partial charge >= 0.3 is 0 Å². The molecule has 9 aromatic carbocycles. The predicted molar refractivity (Wildman–Crippen MR) is 246 cm³/mol. The molecule has 2 heterocycles. The fourth-order valence-corrected chi connectivity index (χ4v) is 8.47. The second-order valence-electron chi connectivity index (χ2n) is 15.0. The van der Waals surface area contributed by atoms with Crippen LogP contribution in [0.25, 0.3) is 106 Å². The molecule has 2 aromatic heterocycles. The van der Waals surface area contributed by atoms with Gasteiger partial charge in [0, 0.05) is 27.6 Å². The van der Waals surface area contributed by atoms with Crippen LogP contribution in [0.4, 0.5) is 0 Å². The van der Waals surface area contributed by atoms with E-state index in [1.165, 1.54) is 38.8 Å². The number of aromatic nitrogens is 3. The van der Waals surface area contributed by atoms with Crippen LogP contribution < -0.4 is 0 Å². The number of imidazole rings is 1. The Bertz CT molecular complexity index is 3260. The summed E-state index contributed by atoms with van der Waals surface area (Å²) in [6.07, 6.45) is 0. The number of hydrogen-bond acceptors (Lipinski definition) is 2. The van der Waals surface area contributed by atoms with Gasteiger partial charge in [0.1, 0.15) is 5.82 Å². The fraction of sp³-hybridized carbons (Fsp3) is 0. The van der Waals surface area contributed by atoms with Crippen molar-refractivity contribution in [2.45, 2.75) is 0 Å². The number of nitrogens with zero attached hydrogens (tertiary/aromatic N) is 3. The quantitative estimate of drug-likeness (QED) is 0.152. The van der Waals surface area contributed by atoms with Crippen LogP contribution in [0.3, 0.4) is 0 Å². The van der Waals surface area contributed by atoms with Crippen molar-refractivity contribution in [2.75, 3.05) is 0 Å². The van der Waals surface area contributed by atoms with E-state index in [4.69, 9.17) is 9.97 Å². The molecule has 0 unspecified atom stereocenters. The van der Waals surface area contributed by atoms with Gasteiger partial charge in [0.15, 0.2) is 0 Å². The molecule has 0 spiro atoms.